The molecule has 0 heterocycles. The second-order valence-corrected chi connectivity index (χ2v) is 4.98. The topological polar surface area (TPSA) is 47.3 Å². The van der Waals surface area contributed by atoms with E-state index < -0.39 is 0 Å². The van der Waals surface area contributed by atoms with Gasteiger partial charge in [-0.15, -0.1) is 0 Å². The Morgan fingerprint density at radius 2 is 2.14 bits per heavy atom. The van der Waals surface area contributed by atoms with Gasteiger partial charge in [0, 0.05) is 25.1 Å². The first-order chi connectivity index (χ1) is 10.1. The smallest absolute Gasteiger partial charge is 0.124 e. The van der Waals surface area contributed by atoms with E-state index in [0.717, 1.165) is 12.1 Å². The third kappa shape index (κ3) is 6.40. The van der Waals surface area contributed by atoms with Gasteiger partial charge < -0.3 is 5.11 Å². The lowest BCUT2D eigenvalue weighted by Crippen LogP contribution is -2.27. The Hall–Kier alpha value is -1.88. The molecule has 1 rings (SSSR count). The molecule has 1 atom stereocenters. The van der Waals surface area contributed by atoms with Crippen molar-refractivity contribution >= 4 is 0 Å². The van der Waals surface area contributed by atoms with Crippen molar-refractivity contribution in [1.29, 1.82) is 5.26 Å². The monoisotopic (exact) mass is 288 g/mol. The Labute approximate surface area is 126 Å². The summed E-state index contributed by atoms with van der Waals surface area (Å²) in [5.74, 6) is 5.27. The summed E-state index contributed by atoms with van der Waals surface area (Å²) in [4.78, 5) is 2.10. The molecule has 0 saturated heterocycles. The summed E-state index contributed by atoms with van der Waals surface area (Å²) in [5, 5.41) is 17.6. The van der Waals surface area contributed by atoms with Crippen LogP contribution in [0.3, 0.4) is 0 Å². The van der Waals surface area contributed by atoms with Gasteiger partial charge in [-0.25, -0.2) is 4.39 Å². The highest BCUT2D eigenvalue weighted by atomic mass is 19.1. The molecule has 0 fully saturated rings. The number of halogens is 1. The second kappa shape index (κ2) is 9.13. The summed E-state index contributed by atoms with van der Waals surface area (Å²) in [6, 6.07) is 6.95. The number of nitriles is 1. The van der Waals surface area contributed by atoms with E-state index >= 15 is 0 Å². The van der Waals surface area contributed by atoms with Crippen molar-refractivity contribution < 1.29 is 9.50 Å². The van der Waals surface area contributed by atoms with Gasteiger partial charge >= 0.3 is 0 Å². The zero-order chi connectivity index (χ0) is 15.7. The van der Waals surface area contributed by atoms with Crippen molar-refractivity contribution in [3.05, 3.63) is 35.1 Å². The van der Waals surface area contributed by atoms with Crippen molar-refractivity contribution in [2.45, 2.75) is 26.8 Å². The first kappa shape index (κ1) is 17.2. The van der Waals surface area contributed by atoms with E-state index in [9.17, 15) is 4.39 Å². The van der Waals surface area contributed by atoms with Crippen molar-refractivity contribution in [2.24, 2.45) is 5.92 Å². The van der Waals surface area contributed by atoms with Gasteiger partial charge in [0.1, 0.15) is 5.82 Å². The Bertz CT molecular complexity index is 554. The number of benzene rings is 1. The molecule has 3 nitrogen and oxygen atoms in total. The zero-order valence-electron chi connectivity index (χ0n) is 12.6. The molecule has 0 spiro atoms. The van der Waals surface area contributed by atoms with Gasteiger partial charge in [-0.3, -0.25) is 4.90 Å². The lowest BCUT2D eigenvalue weighted by Gasteiger charge is -2.21. The van der Waals surface area contributed by atoms with Gasteiger partial charge in [0.05, 0.1) is 18.6 Å². The highest BCUT2D eigenvalue weighted by molar-refractivity contribution is 5.37. The molecule has 0 saturated carbocycles. The van der Waals surface area contributed by atoms with Gasteiger partial charge in [0.15, 0.2) is 0 Å². The third-order valence-corrected chi connectivity index (χ3v) is 3.03. The summed E-state index contributed by atoms with van der Waals surface area (Å²) in [7, 11) is 0. The molecule has 1 N–H and O–H groups in total. The first-order valence-electron chi connectivity index (χ1n) is 7.10. The van der Waals surface area contributed by atoms with Crippen LogP contribution >= 0.6 is 0 Å². The average molecular weight is 288 g/mol. The fourth-order valence-electron chi connectivity index (χ4n) is 2.03. The molecule has 0 amide bonds. The molecular formula is C17H21FN2O. The molecule has 0 bridgehead atoms. The van der Waals surface area contributed by atoms with Crippen LogP contribution < -0.4 is 0 Å². The van der Waals surface area contributed by atoms with Crippen LogP contribution in [-0.4, -0.2) is 29.7 Å². The van der Waals surface area contributed by atoms with E-state index in [4.69, 9.17) is 10.4 Å². The van der Waals surface area contributed by atoms with E-state index in [1.54, 1.807) is 0 Å². The normalized spacial score (nSPS) is 11.6. The van der Waals surface area contributed by atoms with Gasteiger partial charge in [-0.2, -0.15) is 5.26 Å². The molecule has 0 aromatic heterocycles. The minimum Gasteiger partial charge on any atom is -0.395 e. The predicted molar refractivity (Wildman–Crippen MR) is 80.7 cm³/mol. The van der Waals surface area contributed by atoms with Crippen molar-refractivity contribution in [2.75, 3.05) is 19.7 Å². The molecule has 0 aliphatic rings. The number of hydrogen-bond acceptors (Lipinski definition) is 3. The molecule has 0 radical (unpaired) electrons. The maximum atomic E-state index is 13.6. The largest absolute Gasteiger partial charge is 0.395 e. The number of hydrogen-bond donors (Lipinski definition) is 1. The summed E-state index contributed by atoms with van der Waals surface area (Å²) >= 11 is 0. The highest BCUT2D eigenvalue weighted by Gasteiger charge is 2.09. The van der Waals surface area contributed by atoms with Crippen molar-refractivity contribution in [3.63, 3.8) is 0 Å². The molecule has 4 heteroatoms. The minimum absolute atomic E-state index is 0.00480. The number of nitrogens with zero attached hydrogens (tertiary/aromatic N) is 2. The van der Waals surface area contributed by atoms with E-state index in [-0.39, 0.29) is 18.3 Å². The molecule has 0 aliphatic carbocycles. The van der Waals surface area contributed by atoms with E-state index in [2.05, 4.69) is 22.8 Å². The lowest BCUT2D eigenvalue weighted by molar-refractivity contribution is 0.260. The summed E-state index contributed by atoms with van der Waals surface area (Å²) in [6.07, 6.45) is 0.382. The number of aliphatic hydroxyl groups is 1. The second-order valence-electron chi connectivity index (χ2n) is 4.98. The Morgan fingerprint density at radius 3 is 2.76 bits per heavy atom. The summed E-state index contributed by atoms with van der Waals surface area (Å²) in [6.45, 7) is 5.95. The van der Waals surface area contributed by atoms with Crippen LogP contribution in [0.5, 0.6) is 0 Å². The number of aliphatic hydroxyl groups excluding tert-OH is 1. The quantitative estimate of drug-likeness (QED) is 0.818. The number of rotatable bonds is 6. The van der Waals surface area contributed by atoms with E-state index in [1.165, 1.54) is 12.1 Å². The molecule has 1 unspecified atom stereocenters. The van der Waals surface area contributed by atoms with E-state index in [1.807, 2.05) is 19.9 Å². The van der Waals surface area contributed by atoms with Crippen LogP contribution in [0.1, 0.15) is 31.4 Å². The van der Waals surface area contributed by atoms with Crippen LogP contribution in [0.15, 0.2) is 18.2 Å². The molecule has 21 heavy (non-hydrogen) atoms. The van der Waals surface area contributed by atoms with Crippen LogP contribution in [0.2, 0.25) is 0 Å². The molecule has 112 valence electrons. The zero-order valence-corrected chi connectivity index (χ0v) is 12.6. The van der Waals surface area contributed by atoms with Crippen LogP contribution in [0.25, 0.3) is 0 Å². The summed E-state index contributed by atoms with van der Waals surface area (Å²) < 4.78 is 13.6. The SMILES string of the molecule is CCN(Cc1cc(F)cc(C#CCCO)c1)CC(C)C#N. The first-order valence-corrected chi connectivity index (χ1v) is 7.10. The van der Waals surface area contributed by atoms with Crippen LogP contribution in [-0.2, 0) is 6.54 Å². The average Bonchev–Trinajstić information content (AvgIpc) is 2.46. The highest BCUT2D eigenvalue weighted by Crippen LogP contribution is 2.12. The maximum absolute atomic E-state index is 13.6. The van der Waals surface area contributed by atoms with E-state index in [0.29, 0.717) is 25.1 Å². The van der Waals surface area contributed by atoms with Crippen LogP contribution in [0, 0.1) is 34.9 Å². The summed E-state index contributed by atoms with van der Waals surface area (Å²) in [5.41, 5.74) is 1.46. The molecule has 0 aliphatic heterocycles. The van der Waals surface area contributed by atoms with Gasteiger partial charge in [0.2, 0.25) is 0 Å². The third-order valence-electron chi connectivity index (χ3n) is 3.03. The Morgan fingerprint density at radius 1 is 1.38 bits per heavy atom. The van der Waals surface area contributed by atoms with Crippen molar-refractivity contribution in [3.8, 4) is 17.9 Å². The Kier molecular flexibility index (Phi) is 7.46. The van der Waals surface area contributed by atoms with Gasteiger partial charge in [0.25, 0.3) is 0 Å². The lowest BCUT2D eigenvalue weighted by atomic mass is 10.1. The molecular weight excluding hydrogens is 267 g/mol. The standard InChI is InChI=1S/C17H21FN2O/c1-3-20(12-14(2)11-19)13-16-8-15(6-4-5-7-21)9-17(18)10-16/h8-10,14,21H,3,5,7,12-13H2,1-2H3. The molecule has 1 aromatic rings. The molecule has 1 aromatic carbocycles. The van der Waals surface area contributed by atoms with Crippen LogP contribution in [0.4, 0.5) is 4.39 Å². The fourth-order valence-corrected chi connectivity index (χ4v) is 2.03. The fraction of sp³-hybridized carbons (Fsp3) is 0.471. The van der Waals surface area contributed by atoms with Gasteiger partial charge in [-0.05, 0) is 37.2 Å². The maximum Gasteiger partial charge on any atom is 0.124 e. The van der Waals surface area contributed by atoms with Crippen molar-refractivity contribution in [1.82, 2.24) is 4.90 Å². The predicted octanol–water partition coefficient (Wildman–Crippen LogP) is 2.54. The minimum atomic E-state index is -0.315. The Balaban J connectivity index is 2.83. The van der Waals surface area contributed by atoms with Gasteiger partial charge in [-0.1, -0.05) is 18.8 Å².